The van der Waals surface area contributed by atoms with E-state index < -0.39 is 10.0 Å². The third kappa shape index (κ3) is 3.54. The Bertz CT molecular complexity index is 1300. The van der Waals surface area contributed by atoms with Gasteiger partial charge in [0.25, 0.3) is 10.0 Å². The lowest BCUT2D eigenvalue weighted by Gasteiger charge is -2.13. The average Bonchev–Trinajstić information content (AvgIpc) is 2.71. The molecular weight excluding hydrogens is 370 g/mol. The molecule has 0 saturated carbocycles. The summed E-state index contributed by atoms with van der Waals surface area (Å²) in [5, 5.41) is 1.19. The number of pyridine rings is 1. The number of fused-ring (bicyclic) bond motifs is 1. The maximum Gasteiger partial charge on any atom is 0.265 e. The Balaban J connectivity index is 2.00. The molecule has 4 aromatic rings. The molecule has 4 rings (SSSR count). The van der Waals surface area contributed by atoms with Crippen LogP contribution >= 0.6 is 0 Å². The van der Waals surface area contributed by atoms with Crippen molar-refractivity contribution in [3.63, 3.8) is 0 Å². The smallest absolute Gasteiger partial charge is 0.265 e. The normalized spacial score (nSPS) is 12.2. The molecule has 3 aromatic carbocycles. The highest BCUT2D eigenvalue weighted by Crippen LogP contribution is 2.19. The highest BCUT2D eigenvalue weighted by molar-refractivity contribution is 7.92. The average molecular weight is 389 g/mol. The fourth-order valence-electron chi connectivity index (χ4n) is 3.08. The lowest BCUT2D eigenvalue weighted by molar-refractivity contribution is 0.599. The van der Waals surface area contributed by atoms with Crippen molar-refractivity contribution in [1.29, 1.82) is 0 Å². The van der Waals surface area contributed by atoms with Crippen LogP contribution in [0.1, 0.15) is 0 Å². The summed E-state index contributed by atoms with van der Waals surface area (Å²) in [6, 6.07) is 25.8. The highest BCUT2D eigenvalue weighted by Gasteiger charge is 2.20. The third-order valence-electron chi connectivity index (χ3n) is 4.40. The minimum absolute atomic E-state index is 0.126. The minimum Gasteiger partial charge on any atom is -0.349 e. The third-order valence-corrected chi connectivity index (χ3v) is 5.78. The van der Waals surface area contributed by atoms with Gasteiger partial charge in [-0.3, -0.25) is 4.72 Å². The summed E-state index contributed by atoms with van der Waals surface area (Å²) in [6.45, 7) is 0. The summed E-state index contributed by atoms with van der Waals surface area (Å²) < 4.78 is 30.9. The largest absolute Gasteiger partial charge is 0.349 e. The quantitative estimate of drug-likeness (QED) is 0.568. The van der Waals surface area contributed by atoms with Crippen molar-refractivity contribution in [2.75, 3.05) is 4.72 Å². The number of nitrogens with zero attached hydrogens (tertiary/aromatic N) is 2. The number of anilines is 1. The van der Waals surface area contributed by atoms with E-state index in [1.165, 1.54) is 0 Å². The molecule has 1 N–H and O–H groups in total. The Morgan fingerprint density at radius 3 is 2.14 bits per heavy atom. The summed E-state index contributed by atoms with van der Waals surface area (Å²) in [5.74, 6) is 0. The first kappa shape index (κ1) is 18.0. The van der Waals surface area contributed by atoms with Crippen LogP contribution in [-0.4, -0.2) is 13.0 Å². The van der Waals surface area contributed by atoms with Crippen LogP contribution in [0.25, 0.3) is 10.9 Å². The van der Waals surface area contributed by atoms with Gasteiger partial charge in [-0.15, -0.1) is 0 Å². The number of para-hydroxylation sites is 3. The zero-order chi connectivity index (χ0) is 19.6. The predicted molar refractivity (Wildman–Crippen MR) is 112 cm³/mol. The van der Waals surface area contributed by atoms with Crippen molar-refractivity contribution >= 4 is 32.3 Å². The number of benzene rings is 3. The molecule has 0 radical (unpaired) electrons. The Morgan fingerprint density at radius 1 is 0.821 bits per heavy atom. The molecule has 0 spiro atoms. The van der Waals surface area contributed by atoms with Gasteiger partial charge in [0, 0.05) is 29.8 Å². The van der Waals surface area contributed by atoms with Crippen molar-refractivity contribution in [3.8, 4) is 0 Å². The SMILES string of the molecule is Cn1cc(S(=O)(=O)Nc2ccccc2)c(=Nc2ccccc2)c2ccccc21. The number of nitrogens with one attached hydrogen (secondary N) is 1. The van der Waals surface area contributed by atoms with Crippen molar-refractivity contribution < 1.29 is 8.42 Å². The molecule has 0 atom stereocenters. The Hall–Kier alpha value is -3.38. The van der Waals surface area contributed by atoms with E-state index in [9.17, 15) is 8.42 Å². The van der Waals surface area contributed by atoms with Crippen LogP contribution in [-0.2, 0) is 17.1 Å². The fourth-order valence-corrected chi connectivity index (χ4v) is 4.34. The van der Waals surface area contributed by atoms with Gasteiger partial charge in [-0.2, -0.15) is 0 Å². The van der Waals surface area contributed by atoms with Crippen molar-refractivity contribution in [3.05, 3.63) is 96.5 Å². The monoisotopic (exact) mass is 389 g/mol. The molecule has 0 unspecified atom stereocenters. The van der Waals surface area contributed by atoms with E-state index in [2.05, 4.69) is 9.71 Å². The summed E-state index contributed by atoms with van der Waals surface area (Å²) >= 11 is 0. The number of aromatic nitrogens is 1. The summed E-state index contributed by atoms with van der Waals surface area (Å²) in [7, 11) is -2.01. The molecule has 0 aliphatic rings. The van der Waals surface area contributed by atoms with Gasteiger partial charge in [0.15, 0.2) is 0 Å². The molecule has 0 aliphatic carbocycles. The molecule has 5 nitrogen and oxygen atoms in total. The van der Waals surface area contributed by atoms with Crippen LogP contribution in [0, 0.1) is 0 Å². The van der Waals surface area contributed by atoms with Crippen LogP contribution in [0.4, 0.5) is 11.4 Å². The topological polar surface area (TPSA) is 63.5 Å². The minimum atomic E-state index is -3.84. The van der Waals surface area contributed by atoms with Gasteiger partial charge in [0.2, 0.25) is 0 Å². The van der Waals surface area contributed by atoms with Gasteiger partial charge in [0.05, 0.1) is 11.0 Å². The van der Waals surface area contributed by atoms with Gasteiger partial charge in [-0.05, 0) is 30.3 Å². The first-order valence-electron chi connectivity index (χ1n) is 8.81. The first-order chi connectivity index (χ1) is 13.5. The summed E-state index contributed by atoms with van der Waals surface area (Å²) in [5.41, 5.74) is 2.09. The maximum atomic E-state index is 13.2. The molecule has 6 heteroatoms. The summed E-state index contributed by atoms with van der Waals surface area (Å²) in [4.78, 5) is 4.81. The van der Waals surface area contributed by atoms with Crippen LogP contribution in [0.3, 0.4) is 0 Å². The standard InChI is InChI=1S/C22H19N3O2S/c1-25-16-21(28(26,27)24-18-12-6-3-7-13-18)22(19-14-8-9-15-20(19)25)23-17-10-4-2-5-11-17/h2-16,24H,1H3. The van der Waals surface area contributed by atoms with Crippen LogP contribution < -0.4 is 10.1 Å². The molecular formula is C22H19N3O2S. The van der Waals surface area contributed by atoms with Crippen molar-refractivity contribution in [2.45, 2.75) is 4.90 Å². The Labute approximate surface area is 163 Å². The van der Waals surface area contributed by atoms with Gasteiger partial charge in [-0.25, -0.2) is 13.4 Å². The molecule has 0 saturated heterocycles. The number of sulfonamides is 1. The lowest BCUT2D eigenvalue weighted by atomic mass is 10.2. The van der Waals surface area contributed by atoms with E-state index in [0.29, 0.717) is 16.7 Å². The number of hydrogen-bond acceptors (Lipinski definition) is 3. The van der Waals surface area contributed by atoms with Gasteiger partial charge < -0.3 is 4.57 Å². The molecule has 0 bridgehead atoms. The second-order valence-electron chi connectivity index (χ2n) is 6.39. The predicted octanol–water partition coefficient (Wildman–Crippen LogP) is 4.21. The molecule has 0 aliphatic heterocycles. The Morgan fingerprint density at radius 2 is 1.43 bits per heavy atom. The first-order valence-corrected chi connectivity index (χ1v) is 10.3. The lowest BCUT2D eigenvalue weighted by Crippen LogP contribution is -2.24. The molecule has 28 heavy (non-hydrogen) atoms. The number of rotatable bonds is 4. The van der Waals surface area contributed by atoms with E-state index in [0.717, 1.165) is 10.9 Å². The van der Waals surface area contributed by atoms with Crippen molar-refractivity contribution in [2.24, 2.45) is 12.0 Å². The zero-order valence-electron chi connectivity index (χ0n) is 15.3. The zero-order valence-corrected chi connectivity index (χ0v) is 16.1. The second kappa shape index (κ2) is 7.32. The number of aryl methyl sites for hydroxylation is 1. The maximum absolute atomic E-state index is 13.2. The van der Waals surface area contributed by atoms with Crippen molar-refractivity contribution in [1.82, 2.24) is 4.57 Å². The van der Waals surface area contributed by atoms with E-state index in [1.807, 2.05) is 67.7 Å². The van der Waals surface area contributed by atoms with E-state index >= 15 is 0 Å². The molecule has 1 aromatic heterocycles. The molecule has 140 valence electrons. The van der Waals surface area contributed by atoms with Crippen LogP contribution in [0.2, 0.25) is 0 Å². The van der Waals surface area contributed by atoms with E-state index in [1.54, 1.807) is 35.0 Å². The van der Waals surface area contributed by atoms with Gasteiger partial charge in [-0.1, -0.05) is 54.6 Å². The highest BCUT2D eigenvalue weighted by atomic mass is 32.2. The number of hydrogen-bond donors (Lipinski definition) is 1. The van der Waals surface area contributed by atoms with Gasteiger partial charge in [0.1, 0.15) is 4.90 Å². The van der Waals surface area contributed by atoms with E-state index in [4.69, 9.17) is 0 Å². The Kier molecular flexibility index (Phi) is 4.71. The van der Waals surface area contributed by atoms with Crippen LogP contribution in [0.15, 0.2) is 101 Å². The van der Waals surface area contributed by atoms with Crippen LogP contribution in [0.5, 0.6) is 0 Å². The molecule has 1 heterocycles. The second-order valence-corrected chi connectivity index (χ2v) is 8.04. The fraction of sp³-hybridized carbons (Fsp3) is 0.0455. The molecule has 0 amide bonds. The molecule has 0 fully saturated rings. The van der Waals surface area contributed by atoms with Gasteiger partial charge >= 0.3 is 0 Å². The van der Waals surface area contributed by atoms with E-state index in [-0.39, 0.29) is 4.90 Å². The summed E-state index contributed by atoms with van der Waals surface area (Å²) in [6.07, 6.45) is 1.61.